The number of rotatable bonds is 3. The van der Waals surface area contributed by atoms with Crippen LogP contribution in [0.5, 0.6) is 0 Å². The molecule has 4 heteroatoms. The van der Waals surface area contributed by atoms with E-state index >= 15 is 0 Å². The van der Waals surface area contributed by atoms with Gasteiger partial charge in [-0.15, -0.1) is 11.8 Å². The van der Waals surface area contributed by atoms with Crippen LogP contribution in [0.15, 0.2) is 23.1 Å². The highest BCUT2D eigenvalue weighted by Crippen LogP contribution is 2.39. The van der Waals surface area contributed by atoms with Crippen molar-refractivity contribution in [3.63, 3.8) is 0 Å². The van der Waals surface area contributed by atoms with E-state index in [0.717, 1.165) is 25.3 Å². The average molecular weight is 243 g/mol. The van der Waals surface area contributed by atoms with Gasteiger partial charge in [0.15, 0.2) is 0 Å². The van der Waals surface area contributed by atoms with Crippen LogP contribution in [0, 0.1) is 17.6 Å². The molecule has 2 N–H and O–H groups in total. The summed E-state index contributed by atoms with van der Waals surface area (Å²) in [6.07, 6.45) is 3.28. The molecule has 2 unspecified atom stereocenters. The van der Waals surface area contributed by atoms with Crippen molar-refractivity contribution in [1.82, 2.24) is 0 Å². The Hall–Kier alpha value is -0.610. The van der Waals surface area contributed by atoms with Gasteiger partial charge in [-0.25, -0.2) is 8.78 Å². The van der Waals surface area contributed by atoms with Gasteiger partial charge in [-0.05, 0) is 43.5 Å². The summed E-state index contributed by atoms with van der Waals surface area (Å²) >= 11 is 1.43. The minimum absolute atomic E-state index is 0.335. The fourth-order valence-electron chi connectivity index (χ4n) is 2.16. The Labute approximate surface area is 98.4 Å². The third kappa shape index (κ3) is 2.55. The van der Waals surface area contributed by atoms with E-state index < -0.39 is 0 Å². The van der Waals surface area contributed by atoms with Crippen LogP contribution < -0.4 is 5.73 Å². The minimum Gasteiger partial charge on any atom is -0.330 e. The van der Waals surface area contributed by atoms with Crippen molar-refractivity contribution in [2.45, 2.75) is 29.4 Å². The van der Waals surface area contributed by atoms with Crippen molar-refractivity contribution in [2.24, 2.45) is 11.7 Å². The van der Waals surface area contributed by atoms with Crippen LogP contribution in [0.4, 0.5) is 8.78 Å². The van der Waals surface area contributed by atoms with Crippen molar-refractivity contribution >= 4 is 11.8 Å². The zero-order chi connectivity index (χ0) is 11.5. The van der Waals surface area contributed by atoms with Crippen LogP contribution in [0.3, 0.4) is 0 Å². The van der Waals surface area contributed by atoms with E-state index in [1.807, 2.05) is 0 Å². The molecule has 0 heterocycles. The van der Waals surface area contributed by atoms with Crippen LogP contribution in [0.1, 0.15) is 19.3 Å². The molecule has 0 radical (unpaired) electrons. The second-order valence-corrected chi connectivity index (χ2v) is 5.44. The van der Waals surface area contributed by atoms with E-state index in [0.29, 0.717) is 22.6 Å². The maximum absolute atomic E-state index is 13.4. The number of benzene rings is 1. The molecule has 0 amide bonds. The molecular weight excluding hydrogens is 228 g/mol. The number of hydrogen-bond acceptors (Lipinski definition) is 2. The monoisotopic (exact) mass is 243 g/mol. The third-order valence-corrected chi connectivity index (χ3v) is 4.55. The Morgan fingerprint density at radius 3 is 2.88 bits per heavy atom. The Kier molecular flexibility index (Phi) is 3.82. The molecule has 1 aliphatic rings. The Balaban J connectivity index is 2.11. The maximum Gasteiger partial charge on any atom is 0.136 e. The van der Waals surface area contributed by atoms with Crippen molar-refractivity contribution in [3.05, 3.63) is 29.8 Å². The first-order valence-corrected chi connectivity index (χ1v) is 6.40. The molecule has 0 spiro atoms. The molecule has 0 bridgehead atoms. The minimum atomic E-state index is -0.383. The normalized spacial score (nSPS) is 24.9. The molecule has 1 aromatic carbocycles. The smallest absolute Gasteiger partial charge is 0.136 e. The first-order chi connectivity index (χ1) is 7.70. The molecular formula is C12H15F2NS. The molecule has 2 atom stereocenters. The van der Waals surface area contributed by atoms with Gasteiger partial charge in [0.05, 0.1) is 0 Å². The van der Waals surface area contributed by atoms with Gasteiger partial charge in [-0.3, -0.25) is 0 Å². The van der Waals surface area contributed by atoms with Crippen LogP contribution >= 0.6 is 11.8 Å². The molecule has 2 rings (SSSR count). The topological polar surface area (TPSA) is 26.0 Å². The predicted octanol–water partition coefficient (Wildman–Crippen LogP) is 3.18. The summed E-state index contributed by atoms with van der Waals surface area (Å²) in [7, 11) is 0. The van der Waals surface area contributed by atoms with Crippen LogP contribution in [-0.2, 0) is 0 Å². The van der Waals surface area contributed by atoms with Crippen molar-refractivity contribution in [2.75, 3.05) is 6.54 Å². The lowest BCUT2D eigenvalue weighted by Crippen LogP contribution is -2.20. The average Bonchev–Trinajstić information content (AvgIpc) is 2.71. The fourth-order valence-corrected chi connectivity index (χ4v) is 3.57. The quantitative estimate of drug-likeness (QED) is 0.882. The van der Waals surface area contributed by atoms with Gasteiger partial charge in [0.25, 0.3) is 0 Å². The van der Waals surface area contributed by atoms with Gasteiger partial charge in [-0.1, -0.05) is 6.42 Å². The number of thioether (sulfide) groups is 1. The van der Waals surface area contributed by atoms with E-state index in [4.69, 9.17) is 5.73 Å². The Morgan fingerprint density at radius 1 is 1.31 bits per heavy atom. The van der Waals surface area contributed by atoms with Crippen LogP contribution in [0.25, 0.3) is 0 Å². The molecule has 1 saturated carbocycles. The summed E-state index contributed by atoms with van der Waals surface area (Å²) in [4.78, 5) is 0.408. The van der Waals surface area contributed by atoms with Gasteiger partial charge >= 0.3 is 0 Å². The van der Waals surface area contributed by atoms with Gasteiger partial charge < -0.3 is 5.73 Å². The Bertz CT molecular complexity index is 370. The van der Waals surface area contributed by atoms with Crippen molar-refractivity contribution in [3.8, 4) is 0 Å². The molecule has 0 saturated heterocycles. The standard InChI is InChI=1S/C12H15F2NS/c13-9-4-5-10(14)12(6-9)16-11-3-1-2-8(11)7-15/h4-6,8,11H,1-3,7,15H2. The highest BCUT2D eigenvalue weighted by molar-refractivity contribution is 8.00. The molecule has 16 heavy (non-hydrogen) atoms. The van der Waals surface area contributed by atoms with Gasteiger partial charge in [0.1, 0.15) is 11.6 Å². The number of hydrogen-bond donors (Lipinski definition) is 1. The van der Waals surface area contributed by atoms with Crippen molar-refractivity contribution in [1.29, 1.82) is 0 Å². The SMILES string of the molecule is NCC1CCCC1Sc1cc(F)ccc1F. The van der Waals surface area contributed by atoms with E-state index in [2.05, 4.69) is 0 Å². The molecule has 1 nitrogen and oxygen atoms in total. The second kappa shape index (κ2) is 5.15. The highest BCUT2D eigenvalue weighted by atomic mass is 32.2. The maximum atomic E-state index is 13.4. The van der Waals surface area contributed by atoms with Gasteiger partial charge in [0, 0.05) is 10.1 Å². The van der Waals surface area contributed by atoms with Crippen LogP contribution in [0.2, 0.25) is 0 Å². The van der Waals surface area contributed by atoms with Gasteiger partial charge in [0.2, 0.25) is 0 Å². The van der Waals surface area contributed by atoms with Gasteiger partial charge in [-0.2, -0.15) is 0 Å². The lowest BCUT2D eigenvalue weighted by atomic mass is 10.1. The summed E-state index contributed by atoms with van der Waals surface area (Å²) in [5.41, 5.74) is 5.66. The molecule has 1 aromatic rings. The molecule has 0 aliphatic heterocycles. The first-order valence-electron chi connectivity index (χ1n) is 5.52. The van der Waals surface area contributed by atoms with Crippen molar-refractivity contribution < 1.29 is 8.78 Å². The zero-order valence-corrected chi connectivity index (χ0v) is 9.77. The summed E-state index contributed by atoms with van der Waals surface area (Å²) in [6, 6.07) is 3.60. The van der Waals surface area contributed by atoms with Crippen LogP contribution in [-0.4, -0.2) is 11.8 Å². The summed E-state index contributed by atoms with van der Waals surface area (Å²) in [5, 5.41) is 0.335. The van der Waals surface area contributed by atoms with E-state index in [1.165, 1.54) is 23.9 Å². The van der Waals surface area contributed by atoms with E-state index in [-0.39, 0.29) is 11.6 Å². The third-order valence-electron chi connectivity index (χ3n) is 3.06. The lowest BCUT2D eigenvalue weighted by Gasteiger charge is -2.17. The largest absolute Gasteiger partial charge is 0.330 e. The fraction of sp³-hybridized carbons (Fsp3) is 0.500. The second-order valence-electron chi connectivity index (χ2n) is 4.16. The summed E-state index contributed by atoms with van der Waals surface area (Å²) < 4.78 is 26.4. The molecule has 1 fully saturated rings. The first kappa shape index (κ1) is 11.9. The molecule has 1 aliphatic carbocycles. The highest BCUT2D eigenvalue weighted by Gasteiger charge is 2.27. The predicted molar refractivity (Wildman–Crippen MR) is 62.4 cm³/mol. The van der Waals surface area contributed by atoms with E-state index in [9.17, 15) is 8.78 Å². The summed E-state index contributed by atoms with van der Waals surface area (Å²) in [6.45, 7) is 0.634. The molecule has 88 valence electrons. The Morgan fingerprint density at radius 2 is 2.12 bits per heavy atom. The zero-order valence-electron chi connectivity index (χ0n) is 8.96. The number of nitrogens with two attached hydrogens (primary N) is 1. The number of halogens is 2. The lowest BCUT2D eigenvalue weighted by molar-refractivity contribution is 0.564. The van der Waals surface area contributed by atoms with E-state index in [1.54, 1.807) is 0 Å². The molecule has 0 aromatic heterocycles. The summed E-state index contributed by atoms with van der Waals surface area (Å²) in [5.74, 6) is -0.284.